The highest BCUT2D eigenvalue weighted by molar-refractivity contribution is 6.03. The lowest BCUT2D eigenvalue weighted by Gasteiger charge is -2.17. The van der Waals surface area contributed by atoms with Crippen molar-refractivity contribution in [3.63, 3.8) is 0 Å². The first-order valence-electron chi connectivity index (χ1n) is 9.15. The third-order valence-corrected chi connectivity index (χ3v) is 4.79. The standard InChI is InChI=1S/C22H20N4O2/c1-15-7-9-19(10-8-15)26-14-17(11-20(26)27)22(28)25-18-12-23-21(24-13-18)16-5-3-2-4-6-16/h2-10,12-13,17H,11,14H2,1H3,(H,25,28). The minimum absolute atomic E-state index is 0.0420. The number of aromatic nitrogens is 2. The number of carbonyl (C=O) groups excluding carboxylic acids is 2. The van der Waals surface area contributed by atoms with Crippen LogP contribution in [0.25, 0.3) is 11.4 Å². The molecule has 140 valence electrons. The highest BCUT2D eigenvalue weighted by Crippen LogP contribution is 2.26. The van der Waals surface area contributed by atoms with Gasteiger partial charge in [0.25, 0.3) is 0 Å². The van der Waals surface area contributed by atoms with Crippen LogP contribution < -0.4 is 10.2 Å². The van der Waals surface area contributed by atoms with Gasteiger partial charge in [0.15, 0.2) is 5.82 Å². The van der Waals surface area contributed by atoms with Crippen molar-refractivity contribution in [2.24, 2.45) is 5.92 Å². The Labute approximate surface area is 163 Å². The van der Waals surface area contributed by atoms with Crippen LogP contribution in [0, 0.1) is 12.8 Å². The molecule has 6 heteroatoms. The summed E-state index contributed by atoms with van der Waals surface area (Å²) in [6.07, 6.45) is 3.37. The van der Waals surface area contributed by atoms with E-state index in [4.69, 9.17) is 0 Å². The second-order valence-electron chi connectivity index (χ2n) is 6.89. The van der Waals surface area contributed by atoms with Crippen LogP contribution in [-0.2, 0) is 9.59 Å². The SMILES string of the molecule is Cc1ccc(N2CC(C(=O)Nc3cnc(-c4ccccc4)nc3)CC2=O)cc1. The first kappa shape index (κ1) is 17.9. The highest BCUT2D eigenvalue weighted by Gasteiger charge is 2.35. The van der Waals surface area contributed by atoms with Crippen molar-refractivity contribution in [1.29, 1.82) is 0 Å². The predicted octanol–water partition coefficient (Wildman–Crippen LogP) is 3.44. The van der Waals surface area contributed by atoms with Crippen LogP contribution in [0.3, 0.4) is 0 Å². The van der Waals surface area contributed by atoms with Crippen LogP contribution in [0.5, 0.6) is 0 Å². The Morgan fingerprint density at radius 2 is 1.71 bits per heavy atom. The molecule has 1 atom stereocenters. The van der Waals surface area contributed by atoms with Gasteiger partial charge in [-0.15, -0.1) is 0 Å². The zero-order valence-corrected chi connectivity index (χ0v) is 15.5. The molecule has 3 aromatic rings. The van der Waals surface area contributed by atoms with E-state index in [0.29, 0.717) is 18.1 Å². The van der Waals surface area contributed by atoms with Crippen molar-refractivity contribution < 1.29 is 9.59 Å². The van der Waals surface area contributed by atoms with Gasteiger partial charge >= 0.3 is 0 Å². The molecule has 0 bridgehead atoms. The lowest BCUT2D eigenvalue weighted by molar-refractivity contribution is -0.122. The lowest BCUT2D eigenvalue weighted by Crippen LogP contribution is -2.28. The lowest BCUT2D eigenvalue weighted by atomic mass is 10.1. The number of benzene rings is 2. The molecule has 0 spiro atoms. The summed E-state index contributed by atoms with van der Waals surface area (Å²) in [5, 5.41) is 2.82. The van der Waals surface area contributed by atoms with Gasteiger partial charge < -0.3 is 10.2 Å². The van der Waals surface area contributed by atoms with Crippen LogP contribution in [0.2, 0.25) is 0 Å². The smallest absolute Gasteiger partial charge is 0.229 e. The van der Waals surface area contributed by atoms with E-state index in [1.165, 1.54) is 0 Å². The maximum atomic E-state index is 12.6. The fourth-order valence-corrected chi connectivity index (χ4v) is 3.23. The summed E-state index contributed by atoms with van der Waals surface area (Å²) in [6, 6.07) is 17.4. The van der Waals surface area contributed by atoms with E-state index in [9.17, 15) is 9.59 Å². The average molecular weight is 372 g/mol. The van der Waals surface area contributed by atoms with E-state index in [0.717, 1.165) is 16.8 Å². The molecule has 0 saturated carbocycles. The number of aryl methyl sites for hydroxylation is 1. The highest BCUT2D eigenvalue weighted by atomic mass is 16.2. The van der Waals surface area contributed by atoms with Gasteiger partial charge in [-0.25, -0.2) is 9.97 Å². The first-order valence-corrected chi connectivity index (χ1v) is 9.15. The summed E-state index contributed by atoms with van der Waals surface area (Å²) in [5.74, 6) is -0.0403. The zero-order valence-electron chi connectivity index (χ0n) is 15.5. The number of hydrogen-bond donors (Lipinski definition) is 1. The van der Waals surface area contributed by atoms with Gasteiger partial charge in [-0.2, -0.15) is 0 Å². The van der Waals surface area contributed by atoms with Gasteiger partial charge in [0, 0.05) is 24.2 Å². The molecular formula is C22H20N4O2. The topological polar surface area (TPSA) is 75.2 Å². The van der Waals surface area contributed by atoms with Gasteiger partial charge in [-0.05, 0) is 19.1 Å². The van der Waals surface area contributed by atoms with Crippen molar-refractivity contribution >= 4 is 23.2 Å². The molecule has 4 rings (SSSR count). The van der Waals surface area contributed by atoms with Crippen molar-refractivity contribution in [2.45, 2.75) is 13.3 Å². The normalized spacial score (nSPS) is 16.2. The number of hydrogen-bond acceptors (Lipinski definition) is 4. The second kappa shape index (κ2) is 7.60. The van der Waals surface area contributed by atoms with Crippen molar-refractivity contribution in [1.82, 2.24) is 9.97 Å². The monoisotopic (exact) mass is 372 g/mol. The van der Waals surface area contributed by atoms with Gasteiger partial charge in [0.05, 0.1) is 24.0 Å². The van der Waals surface area contributed by atoms with Gasteiger partial charge in [0.2, 0.25) is 11.8 Å². The Morgan fingerprint density at radius 3 is 2.39 bits per heavy atom. The minimum atomic E-state index is -0.400. The molecule has 1 saturated heterocycles. The summed E-state index contributed by atoms with van der Waals surface area (Å²) < 4.78 is 0. The number of anilines is 2. The van der Waals surface area contributed by atoms with E-state index in [-0.39, 0.29) is 18.2 Å². The third-order valence-electron chi connectivity index (χ3n) is 4.79. The van der Waals surface area contributed by atoms with Crippen molar-refractivity contribution in [3.8, 4) is 11.4 Å². The molecule has 1 aliphatic rings. The molecule has 28 heavy (non-hydrogen) atoms. The van der Waals surface area contributed by atoms with Crippen molar-refractivity contribution in [3.05, 3.63) is 72.6 Å². The maximum Gasteiger partial charge on any atom is 0.229 e. The Hall–Kier alpha value is -3.54. The Morgan fingerprint density at radius 1 is 1.04 bits per heavy atom. The number of carbonyl (C=O) groups is 2. The van der Waals surface area contributed by atoms with Gasteiger partial charge in [0.1, 0.15) is 0 Å². The van der Waals surface area contributed by atoms with Crippen molar-refractivity contribution in [2.75, 3.05) is 16.8 Å². The number of rotatable bonds is 4. The van der Waals surface area contributed by atoms with Crippen LogP contribution in [0.1, 0.15) is 12.0 Å². The van der Waals surface area contributed by atoms with E-state index >= 15 is 0 Å². The van der Waals surface area contributed by atoms with Crippen LogP contribution in [-0.4, -0.2) is 28.3 Å². The summed E-state index contributed by atoms with van der Waals surface area (Å²) >= 11 is 0. The van der Waals surface area contributed by atoms with Crippen LogP contribution >= 0.6 is 0 Å². The maximum absolute atomic E-state index is 12.6. The zero-order chi connectivity index (χ0) is 19.5. The van der Waals surface area contributed by atoms with E-state index in [2.05, 4.69) is 15.3 Å². The average Bonchev–Trinajstić information content (AvgIpc) is 3.12. The third kappa shape index (κ3) is 3.76. The van der Waals surface area contributed by atoms with E-state index < -0.39 is 5.92 Å². The molecule has 2 heterocycles. The summed E-state index contributed by atoms with van der Waals surface area (Å²) in [7, 11) is 0. The molecule has 2 amide bonds. The molecule has 1 fully saturated rings. The number of amides is 2. The molecule has 0 aliphatic carbocycles. The fraction of sp³-hybridized carbons (Fsp3) is 0.182. The summed E-state index contributed by atoms with van der Waals surface area (Å²) in [4.78, 5) is 35.2. The van der Waals surface area contributed by atoms with E-state index in [1.54, 1.807) is 17.3 Å². The quantitative estimate of drug-likeness (QED) is 0.761. The van der Waals surface area contributed by atoms with Gasteiger partial charge in [-0.1, -0.05) is 48.0 Å². The number of nitrogens with one attached hydrogen (secondary N) is 1. The molecule has 2 aromatic carbocycles. The molecule has 1 aliphatic heterocycles. The second-order valence-corrected chi connectivity index (χ2v) is 6.89. The Bertz CT molecular complexity index is 985. The molecule has 6 nitrogen and oxygen atoms in total. The first-order chi connectivity index (χ1) is 13.6. The Kier molecular flexibility index (Phi) is 4.85. The molecular weight excluding hydrogens is 352 g/mol. The number of nitrogens with zero attached hydrogens (tertiary/aromatic N) is 3. The predicted molar refractivity (Wildman–Crippen MR) is 108 cm³/mol. The molecule has 0 radical (unpaired) electrons. The molecule has 1 aromatic heterocycles. The summed E-state index contributed by atoms with van der Waals surface area (Å²) in [6.45, 7) is 2.37. The largest absolute Gasteiger partial charge is 0.323 e. The Balaban J connectivity index is 1.41. The molecule has 1 N–H and O–H groups in total. The van der Waals surface area contributed by atoms with E-state index in [1.807, 2.05) is 61.5 Å². The van der Waals surface area contributed by atoms with Crippen LogP contribution in [0.15, 0.2) is 67.0 Å². The minimum Gasteiger partial charge on any atom is -0.323 e. The fourth-order valence-electron chi connectivity index (χ4n) is 3.23. The summed E-state index contributed by atoms with van der Waals surface area (Å²) in [5.41, 5.74) is 3.38. The van der Waals surface area contributed by atoms with Crippen LogP contribution in [0.4, 0.5) is 11.4 Å². The molecule has 1 unspecified atom stereocenters. The van der Waals surface area contributed by atoms with Gasteiger partial charge in [-0.3, -0.25) is 9.59 Å².